The van der Waals surface area contributed by atoms with Crippen molar-refractivity contribution in [3.63, 3.8) is 0 Å². The summed E-state index contributed by atoms with van der Waals surface area (Å²) in [6.07, 6.45) is -1.34. The Hall–Kier alpha value is -0.940. The third-order valence-corrected chi connectivity index (χ3v) is 0.685. The molecule has 0 aromatic carbocycles. The number of hydrogen-bond donors (Lipinski definition) is 2. The van der Waals surface area contributed by atoms with Gasteiger partial charge in [0.1, 0.15) is 12.7 Å². The zero-order chi connectivity index (χ0) is 8.15. The van der Waals surface area contributed by atoms with E-state index in [1.165, 1.54) is 0 Å². The third kappa shape index (κ3) is 3.16. The van der Waals surface area contributed by atoms with E-state index in [1.807, 2.05) is 0 Å². The third-order valence-electron chi connectivity index (χ3n) is 0.685. The lowest BCUT2D eigenvalue weighted by atomic mass is 10.4. The van der Waals surface area contributed by atoms with Gasteiger partial charge in [-0.25, -0.2) is 9.59 Å². The smallest absolute Gasteiger partial charge is 0.342 e. The summed E-state index contributed by atoms with van der Waals surface area (Å²) in [7, 11) is 0. The molecule has 0 heterocycles. The SMILES string of the molecule is CC(O)C(=O)OC(=O)CO. The van der Waals surface area contributed by atoms with Gasteiger partial charge in [0, 0.05) is 0 Å². The molecule has 0 aliphatic rings. The molecule has 2 N–H and O–H groups in total. The molecule has 10 heavy (non-hydrogen) atoms. The van der Waals surface area contributed by atoms with Gasteiger partial charge in [-0.1, -0.05) is 0 Å². The monoisotopic (exact) mass is 148 g/mol. The van der Waals surface area contributed by atoms with E-state index < -0.39 is 24.6 Å². The highest BCUT2D eigenvalue weighted by atomic mass is 16.6. The van der Waals surface area contributed by atoms with E-state index in [-0.39, 0.29) is 0 Å². The zero-order valence-electron chi connectivity index (χ0n) is 5.40. The van der Waals surface area contributed by atoms with E-state index in [0.29, 0.717) is 0 Å². The van der Waals surface area contributed by atoms with Crippen molar-refractivity contribution in [2.24, 2.45) is 0 Å². The molecule has 0 aromatic heterocycles. The average Bonchev–Trinajstić information content (AvgIpc) is 1.87. The first-order valence-electron chi connectivity index (χ1n) is 2.61. The normalized spacial score (nSPS) is 12.3. The zero-order valence-corrected chi connectivity index (χ0v) is 5.40. The lowest BCUT2D eigenvalue weighted by Crippen LogP contribution is -2.24. The molecule has 58 valence electrons. The van der Waals surface area contributed by atoms with E-state index >= 15 is 0 Å². The maximum absolute atomic E-state index is 10.3. The number of hydrogen-bond acceptors (Lipinski definition) is 5. The van der Waals surface area contributed by atoms with E-state index in [9.17, 15) is 9.59 Å². The fourth-order valence-corrected chi connectivity index (χ4v) is 0.230. The maximum atomic E-state index is 10.3. The summed E-state index contributed by atoms with van der Waals surface area (Å²) in [4.78, 5) is 20.4. The van der Waals surface area contributed by atoms with Gasteiger partial charge < -0.3 is 14.9 Å². The van der Waals surface area contributed by atoms with Crippen LogP contribution in [0.15, 0.2) is 0 Å². The summed E-state index contributed by atoms with van der Waals surface area (Å²) < 4.78 is 3.88. The fourth-order valence-electron chi connectivity index (χ4n) is 0.230. The number of carbonyl (C=O) groups is 2. The van der Waals surface area contributed by atoms with Crippen LogP contribution in [-0.2, 0) is 14.3 Å². The Bertz CT molecular complexity index is 139. The highest BCUT2D eigenvalue weighted by Gasteiger charge is 2.13. The van der Waals surface area contributed by atoms with Crippen molar-refractivity contribution in [1.29, 1.82) is 0 Å². The minimum absolute atomic E-state index is 0.863. The summed E-state index contributed by atoms with van der Waals surface area (Å²) in [5.74, 6) is -2.12. The van der Waals surface area contributed by atoms with Gasteiger partial charge >= 0.3 is 11.9 Å². The second-order valence-electron chi connectivity index (χ2n) is 1.63. The van der Waals surface area contributed by atoms with Gasteiger partial charge in [0.15, 0.2) is 0 Å². The molecule has 0 rings (SSSR count). The van der Waals surface area contributed by atoms with Gasteiger partial charge in [0.05, 0.1) is 0 Å². The Morgan fingerprint density at radius 1 is 1.60 bits per heavy atom. The Kier molecular flexibility index (Phi) is 3.60. The van der Waals surface area contributed by atoms with Crippen molar-refractivity contribution in [1.82, 2.24) is 0 Å². The molecule has 0 fully saturated rings. The molecule has 0 aliphatic carbocycles. The molecule has 0 spiro atoms. The first-order chi connectivity index (χ1) is 4.57. The Morgan fingerprint density at radius 3 is 2.40 bits per heavy atom. The first-order valence-corrected chi connectivity index (χ1v) is 2.61. The van der Waals surface area contributed by atoms with Crippen LogP contribution in [0.3, 0.4) is 0 Å². The minimum atomic E-state index is -1.34. The van der Waals surface area contributed by atoms with Crippen LogP contribution < -0.4 is 0 Å². The molecule has 0 aliphatic heterocycles. The summed E-state index contributed by atoms with van der Waals surface area (Å²) in [5.41, 5.74) is 0. The fraction of sp³-hybridized carbons (Fsp3) is 0.600. The van der Waals surface area contributed by atoms with Crippen LogP contribution in [-0.4, -0.2) is 34.9 Å². The number of aliphatic hydroxyl groups is 2. The highest BCUT2D eigenvalue weighted by molar-refractivity contribution is 5.87. The topological polar surface area (TPSA) is 83.8 Å². The molecule has 0 bridgehead atoms. The van der Waals surface area contributed by atoms with Crippen molar-refractivity contribution in [2.75, 3.05) is 6.61 Å². The van der Waals surface area contributed by atoms with Crippen LogP contribution in [0.2, 0.25) is 0 Å². The lowest BCUT2D eigenvalue weighted by molar-refractivity contribution is -0.166. The van der Waals surface area contributed by atoms with Crippen LogP contribution in [0.4, 0.5) is 0 Å². The lowest BCUT2D eigenvalue weighted by Gasteiger charge is -2.01. The van der Waals surface area contributed by atoms with E-state index in [1.54, 1.807) is 0 Å². The van der Waals surface area contributed by atoms with E-state index in [0.717, 1.165) is 6.92 Å². The van der Waals surface area contributed by atoms with E-state index in [2.05, 4.69) is 4.74 Å². The van der Waals surface area contributed by atoms with Crippen LogP contribution in [0.25, 0.3) is 0 Å². The molecule has 1 atom stereocenters. The Morgan fingerprint density at radius 2 is 2.10 bits per heavy atom. The van der Waals surface area contributed by atoms with Gasteiger partial charge in [-0.3, -0.25) is 0 Å². The average molecular weight is 148 g/mol. The number of esters is 2. The van der Waals surface area contributed by atoms with Crippen molar-refractivity contribution >= 4 is 11.9 Å². The Balaban J connectivity index is 3.69. The molecule has 5 heteroatoms. The molecule has 0 saturated heterocycles. The number of carbonyl (C=O) groups excluding carboxylic acids is 2. The Labute approximate surface area is 57.2 Å². The first kappa shape index (κ1) is 9.06. The van der Waals surface area contributed by atoms with Gasteiger partial charge in [-0.05, 0) is 6.92 Å². The molecule has 5 nitrogen and oxygen atoms in total. The van der Waals surface area contributed by atoms with Gasteiger partial charge in [-0.2, -0.15) is 0 Å². The van der Waals surface area contributed by atoms with Crippen LogP contribution >= 0.6 is 0 Å². The maximum Gasteiger partial charge on any atom is 0.342 e. The van der Waals surface area contributed by atoms with Gasteiger partial charge in [0.2, 0.25) is 0 Å². The van der Waals surface area contributed by atoms with Crippen molar-refractivity contribution in [3.8, 4) is 0 Å². The van der Waals surface area contributed by atoms with E-state index in [4.69, 9.17) is 10.2 Å². The second-order valence-corrected chi connectivity index (χ2v) is 1.63. The molecule has 0 amide bonds. The molecule has 0 aromatic rings. The summed E-state index contributed by atoms with van der Waals surface area (Å²) >= 11 is 0. The predicted molar refractivity (Wildman–Crippen MR) is 29.9 cm³/mol. The number of ether oxygens (including phenoxy) is 1. The molecular weight excluding hydrogens is 140 g/mol. The second kappa shape index (κ2) is 3.97. The van der Waals surface area contributed by atoms with Gasteiger partial charge in [-0.15, -0.1) is 0 Å². The quantitative estimate of drug-likeness (QED) is 0.365. The summed E-state index contributed by atoms with van der Waals surface area (Å²) in [6, 6.07) is 0. The number of rotatable bonds is 2. The molecule has 0 saturated carbocycles. The van der Waals surface area contributed by atoms with Crippen LogP contribution in [0, 0.1) is 0 Å². The summed E-state index contributed by atoms with van der Waals surface area (Å²) in [5, 5.41) is 16.5. The highest BCUT2D eigenvalue weighted by Crippen LogP contribution is 1.86. The predicted octanol–water partition coefficient (Wildman–Crippen LogP) is -1.57. The van der Waals surface area contributed by atoms with Crippen molar-refractivity contribution < 1.29 is 24.5 Å². The van der Waals surface area contributed by atoms with Crippen molar-refractivity contribution in [3.05, 3.63) is 0 Å². The summed E-state index contributed by atoms with van der Waals surface area (Å²) in [6.45, 7) is 0.297. The molecule has 1 unspecified atom stereocenters. The number of aliphatic hydroxyl groups excluding tert-OH is 2. The largest absolute Gasteiger partial charge is 0.389 e. The van der Waals surface area contributed by atoms with Crippen LogP contribution in [0.5, 0.6) is 0 Å². The van der Waals surface area contributed by atoms with Gasteiger partial charge in [0.25, 0.3) is 0 Å². The molecule has 0 radical (unpaired) electrons. The van der Waals surface area contributed by atoms with Crippen LogP contribution in [0.1, 0.15) is 6.92 Å². The standard InChI is InChI=1S/C5H8O5/c1-3(7)5(9)10-4(8)2-6/h3,6-7H,2H2,1H3. The van der Waals surface area contributed by atoms with Crippen molar-refractivity contribution in [2.45, 2.75) is 13.0 Å². The molecular formula is C5H8O5. The minimum Gasteiger partial charge on any atom is -0.389 e.